The average molecular weight is 232 g/mol. The molecule has 0 aromatic heterocycles. The molecule has 1 aromatic rings. The van der Waals surface area contributed by atoms with E-state index in [1.165, 1.54) is 24.1 Å². The predicted molar refractivity (Wildman–Crippen MR) is 73.2 cm³/mol. The van der Waals surface area contributed by atoms with E-state index in [0.717, 1.165) is 19.6 Å². The second kappa shape index (κ2) is 5.19. The zero-order valence-corrected chi connectivity index (χ0v) is 11.3. The molecule has 17 heavy (non-hydrogen) atoms. The van der Waals surface area contributed by atoms with Gasteiger partial charge in [-0.3, -0.25) is 4.90 Å². The van der Waals surface area contributed by atoms with E-state index in [1.807, 2.05) is 0 Å². The monoisotopic (exact) mass is 232 g/mol. The van der Waals surface area contributed by atoms with Crippen LogP contribution >= 0.6 is 0 Å². The van der Waals surface area contributed by atoms with Crippen molar-refractivity contribution in [2.45, 2.75) is 39.3 Å². The van der Waals surface area contributed by atoms with Crippen molar-refractivity contribution in [1.29, 1.82) is 0 Å². The standard InChI is InChI=1S/C15H24N2/c1-15(2,3)16-9-11-17-10-8-13-6-4-5-7-14(13)12-17/h4-7,16H,8-12H2,1-3H3. The van der Waals surface area contributed by atoms with E-state index in [2.05, 4.69) is 55.3 Å². The normalized spacial score (nSPS) is 16.9. The number of fused-ring (bicyclic) bond motifs is 1. The Bertz CT molecular complexity index is 365. The second-order valence-electron chi connectivity index (χ2n) is 5.97. The van der Waals surface area contributed by atoms with Gasteiger partial charge in [-0.05, 0) is 38.3 Å². The lowest BCUT2D eigenvalue weighted by Gasteiger charge is -2.30. The summed E-state index contributed by atoms with van der Waals surface area (Å²) in [4.78, 5) is 2.54. The van der Waals surface area contributed by atoms with Gasteiger partial charge in [-0.1, -0.05) is 24.3 Å². The first-order chi connectivity index (χ1) is 8.04. The lowest BCUT2D eigenvalue weighted by atomic mass is 10.00. The smallest absolute Gasteiger partial charge is 0.0237 e. The van der Waals surface area contributed by atoms with Gasteiger partial charge in [-0.2, -0.15) is 0 Å². The number of nitrogens with one attached hydrogen (secondary N) is 1. The maximum atomic E-state index is 3.55. The van der Waals surface area contributed by atoms with Crippen molar-refractivity contribution in [2.24, 2.45) is 0 Å². The van der Waals surface area contributed by atoms with E-state index in [9.17, 15) is 0 Å². The summed E-state index contributed by atoms with van der Waals surface area (Å²) < 4.78 is 0. The van der Waals surface area contributed by atoms with E-state index in [-0.39, 0.29) is 5.54 Å². The van der Waals surface area contributed by atoms with Crippen molar-refractivity contribution in [2.75, 3.05) is 19.6 Å². The molecule has 0 saturated carbocycles. The van der Waals surface area contributed by atoms with Crippen LogP contribution in [-0.4, -0.2) is 30.1 Å². The fourth-order valence-electron chi connectivity index (χ4n) is 2.33. The molecule has 1 aliphatic rings. The molecule has 1 heterocycles. The van der Waals surface area contributed by atoms with Crippen LogP contribution in [0.4, 0.5) is 0 Å². The van der Waals surface area contributed by atoms with Crippen LogP contribution in [0.3, 0.4) is 0 Å². The Kier molecular flexibility index (Phi) is 3.85. The van der Waals surface area contributed by atoms with Crippen LogP contribution in [0.25, 0.3) is 0 Å². The van der Waals surface area contributed by atoms with Crippen molar-refractivity contribution in [3.05, 3.63) is 35.4 Å². The zero-order chi connectivity index (χ0) is 12.3. The molecule has 0 amide bonds. The molecule has 1 N–H and O–H groups in total. The number of hydrogen-bond donors (Lipinski definition) is 1. The van der Waals surface area contributed by atoms with E-state index >= 15 is 0 Å². The molecule has 0 spiro atoms. The van der Waals surface area contributed by atoms with Gasteiger partial charge in [0, 0.05) is 31.7 Å². The van der Waals surface area contributed by atoms with Gasteiger partial charge in [0.1, 0.15) is 0 Å². The zero-order valence-electron chi connectivity index (χ0n) is 11.3. The first kappa shape index (κ1) is 12.6. The first-order valence-electron chi connectivity index (χ1n) is 6.59. The van der Waals surface area contributed by atoms with Gasteiger partial charge in [0.05, 0.1) is 0 Å². The molecule has 0 atom stereocenters. The summed E-state index contributed by atoms with van der Waals surface area (Å²) in [6.45, 7) is 11.2. The van der Waals surface area contributed by atoms with Crippen LogP contribution in [0.2, 0.25) is 0 Å². The third kappa shape index (κ3) is 3.83. The summed E-state index contributed by atoms with van der Waals surface area (Å²) >= 11 is 0. The Morgan fingerprint density at radius 2 is 1.88 bits per heavy atom. The Balaban J connectivity index is 1.82. The van der Waals surface area contributed by atoms with Gasteiger partial charge in [0.25, 0.3) is 0 Å². The van der Waals surface area contributed by atoms with Crippen LogP contribution in [0.5, 0.6) is 0 Å². The van der Waals surface area contributed by atoms with Crippen molar-refractivity contribution >= 4 is 0 Å². The lowest BCUT2D eigenvalue weighted by molar-refractivity contribution is 0.244. The largest absolute Gasteiger partial charge is 0.311 e. The third-order valence-electron chi connectivity index (χ3n) is 3.29. The van der Waals surface area contributed by atoms with Gasteiger partial charge in [0.15, 0.2) is 0 Å². The summed E-state index contributed by atoms with van der Waals surface area (Å²) in [5.41, 5.74) is 3.27. The van der Waals surface area contributed by atoms with Crippen LogP contribution in [0, 0.1) is 0 Å². The topological polar surface area (TPSA) is 15.3 Å². The number of hydrogen-bond acceptors (Lipinski definition) is 2. The first-order valence-corrected chi connectivity index (χ1v) is 6.59. The molecule has 2 nitrogen and oxygen atoms in total. The summed E-state index contributed by atoms with van der Waals surface area (Å²) in [6, 6.07) is 8.82. The Morgan fingerprint density at radius 1 is 1.18 bits per heavy atom. The van der Waals surface area contributed by atoms with Crippen LogP contribution in [0.15, 0.2) is 24.3 Å². The fourth-order valence-corrected chi connectivity index (χ4v) is 2.33. The molecule has 1 aliphatic heterocycles. The van der Waals surface area contributed by atoms with Crippen molar-refractivity contribution < 1.29 is 0 Å². The van der Waals surface area contributed by atoms with Gasteiger partial charge in [-0.15, -0.1) is 0 Å². The molecule has 0 saturated heterocycles. The third-order valence-corrected chi connectivity index (χ3v) is 3.29. The summed E-state index contributed by atoms with van der Waals surface area (Å²) in [7, 11) is 0. The number of rotatable bonds is 3. The fraction of sp³-hybridized carbons (Fsp3) is 0.600. The molecule has 0 unspecified atom stereocenters. The minimum atomic E-state index is 0.230. The molecular formula is C15H24N2. The highest BCUT2D eigenvalue weighted by Crippen LogP contribution is 2.17. The highest BCUT2D eigenvalue weighted by molar-refractivity contribution is 5.28. The second-order valence-corrected chi connectivity index (χ2v) is 5.97. The van der Waals surface area contributed by atoms with Gasteiger partial charge in [0.2, 0.25) is 0 Å². The maximum Gasteiger partial charge on any atom is 0.0237 e. The molecule has 2 heteroatoms. The van der Waals surface area contributed by atoms with Crippen LogP contribution in [-0.2, 0) is 13.0 Å². The number of benzene rings is 1. The van der Waals surface area contributed by atoms with E-state index in [1.54, 1.807) is 0 Å². The molecule has 0 aliphatic carbocycles. The predicted octanol–water partition coefficient (Wildman–Crippen LogP) is 2.43. The Hall–Kier alpha value is -0.860. The average Bonchev–Trinajstić information content (AvgIpc) is 2.27. The number of nitrogens with zero attached hydrogens (tertiary/aromatic N) is 1. The lowest BCUT2D eigenvalue weighted by Crippen LogP contribution is -2.42. The molecule has 0 fully saturated rings. The van der Waals surface area contributed by atoms with Crippen LogP contribution in [0.1, 0.15) is 31.9 Å². The van der Waals surface area contributed by atoms with E-state index < -0.39 is 0 Å². The summed E-state index contributed by atoms with van der Waals surface area (Å²) in [6.07, 6.45) is 1.20. The summed E-state index contributed by atoms with van der Waals surface area (Å²) in [5, 5.41) is 3.55. The molecular weight excluding hydrogens is 208 g/mol. The van der Waals surface area contributed by atoms with Crippen molar-refractivity contribution in [3.63, 3.8) is 0 Å². The minimum absolute atomic E-state index is 0.230. The van der Waals surface area contributed by atoms with Crippen molar-refractivity contribution in [1.82, 2.24) is 10.2 Å². The van der Waals surface area contributed by atoms with Gasteiger partial charge in [-0.25, -0.2) is 0 Å². The molecule has 94 valence electrons. The minimum Gasteiger partial charge on any atom is -0.311 e. The van der Waals surface area contributed by atoms with Gasteiger partial charge < -0.3 is 5.32 Å². The molecule has 1 aromatic carbocycles. The quantitative estimate of drug-likeness (QED) is 0.861. The highest BCUT2D eigenvalue weighted by Gasteiger charge is 2.16. The molecule has 2 rings (SSSR count). The van der Waals surface area contributed by atoms with E-state index in [0.29, 0.717) is 0 Å². The molecule has 0 bridgehead atoms. The Morgan fingerprint density at radius 3 is 2.59 bits per heavy atom. The molecule has 0 radical (unpaired) electrons. The van der Waals surface area contributed by atoms with Gasteiger partial charge >= 0.3 is 0 Å². The summed E-state index contributed by atoms with van der Waals surface area (Å²) in [5.74, 6) is 0. The maximum absolute atomic E-state index is 3.55. The van der Waals surface area contributed by atoms with E-state index in [4.69, 9.17) is 0 Å². The highest BCUT2D eigenvalue weighted by atomic mass is 15.1. The van der Waals surface area contributed by atoms with Crippen molar-refractivity contribution in [3.8, 4) is 0 Å². The SMILES string of the molecule is CC(C)(C)NCCN1CCc2ccccc2C1. The Labute approximate surface area is 105 Å². The van der Waals surface area contributed by atoms with Crippen LogP contribution < -0.4 is 5.32 Å².